The number of pyridine rings is 1. The van der Waals surface area contributed by atoms with Gasteiger partial charge in [0.15, 0.2) is 0 Å². The average molecular weight is 357 g/mol. The van der Waals surface area contributed by atoms with Gasteiger partial charge in [0.05, 0.1) is 17.8 Å². The van der Waals surface area contributed by atoms with E-state index in [4.69, 9.17) is 16.3 Å². The van der Waals surface area contributed by atoms with Gasteiger partial charge in [-0.15, -0.1) is 0 Å². The van der Waals surface area contributed by atoms with E-state index in [2.05, 4.69) is 33.1 Å². The number of hydrogen-bond acceptors (Lipinski definition) is 4. The van der Waals surface area contributed by atoms with Crippen molar-refractivity contribution in [3.8, 4) is 5.75 Å². The Morgan fingerprint density at radius 3 is 2.48 bits per heavy atom. The Morgan fingerprint density at radius 1 is 1.00 bits per heavy atom. The molecule has 1 saturated heterocycles. The van der Waals surface area contributed by atoms with Crippen LogP contribution in [0.3, 0.4) is 0 Å². The van der Waals surface area contributed by atoms with E-state index in [1.165, 1.54) is 5.69 Å². The second-order valence-electron chi connectivity index (χ2n) is 6.31. The van der Waals surface area contributed by atoms with Gasteiger partial charge in [0.2, 0.25) is 0 Å². The number of rotatable bonds is 4. The molecule has 3 heterocycles. The van der Waals surface area contributed by atoms with Crippen LogP contribution in [0, 0.1) is 0 Å². The smallest absolute Gasteiger partial charge is 0.137 e. The van der Waals surface area contributed by atoms with Crippen LogP contribution < -0.4 is 9.64 Å². The molecule has 1 fully saturated rings. The molecule has 6 heteroatoms. The first kappa shape index (κ1) is 16.2. The standard InChI is InChI=1S/C19H21ClN4O/c1-25-18-5-3-17(4-6-18)23-10-8-22(9-11-23)13-16-14-24-12-15(20)2-7-19(24)21-16/h2-7,12,14H,8-11,13H2,1H3. The van der Waals surface area contributed by atoms with Crippen LogP contribution in [0.4, 0.5) is 5.69 Å². The highest BCUT2D eigenvalue weighted by atomic mass is 35.5. The Balaban J connectivity index is 1.37. The van der Waals surface area contributed by atoms with E-state index < -0.39 is 0 Å². The molecule has 130 valence electrons. The summed E-state index contributed by atoms with van der Waals surface area (Å²) in [7, 11) is 1.70. The Bertz CT molecular complexity index is 853. The SMILES string of the molecule is COc1ccc(N2CCN(Cc3cn4cc(Cl)ccc4n3)CC2)cc1. The maximum absolute atomic E-state index is 6.04. The van der Waals surface area contributed by atoms with Gasteiger partial charge in [-0.05, 0) is 36.4 Å². The maximum Gasteiger partial charge on any atom is 0.137 e. The van der Waals surface area contributed by atoms with Crippen LogP contribution in [0.1, 0.15) is 5.69 Å². The third kappa shape index (κ3) is 3.57. The van der Waals surface area contributed by atoms with Gasteiger partial charge in [-0.25, -0.2) is 4.98 Å². The van der Waals surface area contributed by atoms with Gasteiger partial charge in [0.25, 0.3) is 0 Å². The molecule has 0 radical (unpaired) electrons. The molecule has 0 bridgehead atoms. The molecule has 3 aromatic rings. The van der Waals surface area contributed by atoms with E-state index in [0.29, 0.717) is 0 Å². The molecule has 0 unspecified atom stereocenters. The normalized spacial score (nSPS) is 15.7. The van der Waals surface area contributed by atoms with E-state index in [0.717, 1.165) is 54.8 Å². The minimum absolute atomic E-state index is 0.726. The molecule has 4 rings (SSSR count). The number of benzene rings is 1. The highest BCUT2D eigenvalue weighted by Crippen LogP contribution is 2.21. The van der Waals surface area contributed by atoms with Crippen molar-refractivity contribution in [2.45, 2.75) is 6.54 Å². The van der Waals surface area contributed by atoms with E-state index in [1.807, 2.05) is 34.9 Å². The highest BCUT2D eigenvalue weighted by Gasteiger charge is 2.18. The summed E-state index contributed by atoms with van der Waals surface area (Å²) in [6.45, 7) is 4.97. The lowest BCUT2D eigenvalue weighted by Crippen LogP contribution is -2.46. The van der Waals surface area contributed by atoms with Gasteiger partial charge in [0, 0.05) is 50.8 Å². The van der Waals surface area contributed by atoms with Gasteiger partial charge in [-0.3, -0.25) is 4.90 Å². The van der Waals surface area contributed by atoms with Crippen molar-refractivity contribution in [1.82, 2.24) is 14.3 Å². The van der Waals surface area contributed by atoms with Crippen molar-refractivity contribution in [3.63, 3.8) is 0 Å². The van der Waals surface area contributed by atoms with Crippen molar-refractivity contribution in [3.05, 3.63) is 59.5 Å². The second kappa shape index (κ2) is 6.94. The molecule has 25 heavy (non-hydrogen) atoms. The molecular formula is C19H21ClN4O. The Hall–Kier alpha value is -2.24. The monoisotopic (exact) mass is 356 g/mol. The van der Waals surface area contributed by atoms with Crippen LogP contribution in [0.25, 0.3) is 5.65 Å². The summed E-state index contributed by atoms with van der Waals surface area (Å²) in [6, 6.07) is 12.1. The van der Waals surface area contributed by atoms with E-state index in [-0.39, 0.29) is 0 Å². The Kier molecular flexibility index (Phi) is 4.51. The van der Waals surface area contributed by atoms with Crippen LogP contribution >= 0.6 is 11.6 Å². The molecule has 1 aliphatic rings. The fraction of sp³-hybridized carbons (Fsp3) is 0.316. The molecule has 0 saturated carbocycles. The molecule has 5 nitrogen and oxygen atoms in total. The summed E-state index contributed by atoms with van der Waals surface area (Å²) in [5, 5.41) is 0.726. The number of methoxy groups -OCH3 is 1. The zero-order chi connectivity index (χ0) is 17.2. The van der Waals surface area contributed by atoms with Crippen LogP contribution in [0.5, 0.6) is 5.75 Å². The topological polar surface area (TPSA) is 33.0 Å². The largest absolute Gasteiger partial charge is 0.497 e. The summed E-state index contributed by atoms with van der Waals surface area (Å²) in [5.74, 6) is 0.898. The van der Waals surface area contributed by atoms with E-state index >= 15 is 0 Å². The van der Waals surface area contributed by atoms with Crippen molar-refractivity contribution in [2.24, 2.45) is 0 Å². The second-order valence-corrected chi connectivity index (χ2v) is 6.74. The number of piperazine rings is 1. The van der Waals surface area contributed by atoms with Gasteiger partial charge in [-0.2, -0.15) is 0 Å². The number of anilines is 1. The molecule has 1 aromatic carbocycles. The van der Waals surface area contributed by atoms with Crippen molar-refractivity contribution >= 4 is 22.9 Å². The van der Waals surface area contributed by atoms with Crippen LogP contribution in [0.2, 0.25) is 5.02 Å². The maximum atomic E-state index is 6.04. The molecule has 0 aliphatic carbocycles. The molecule has 1 aliphatic heterocycles. The number of fused-ring (bicyclic) bond motifs is 1. The molecular weight excluding hydrogens is 336 g/mol. The van der Waals surface area contributed by atoms with Crippen molar-refractivity contribution in [2.75, 3.05) is 38.2 Å². The van der Waals surface area contributed by atoms with Gasteiger partial charge >= 0.3 is 0 Å². The first-order valence-corrected chi connectivity index (χ1v) is 8.83. The van der Waals surface area contributed by atoms with Gasteiger partial charge < -0.3 is 14.0 Å². The molecule has 0 spiro atoms. The summed E-state index contributed by atoms with van der Waals surface area (Å²) >= 11 is 6.04. The Labute approximate surface area is 152 Å². The van der Waals surface area contributed by atoms with Crippen LogP contribution in [0.15, 0.2) is 48.8 Å². The van der Waals surface area contributed by atoms with Crippen LogP contribution in [-0.4, -0.2) is 47.6 Å². The summed E-state index contributed by atoms with van der Waals surface area (Å²) in [5.41, 5.74) is 3.28. The third-order valence-corrected chi connectivity index (χ3v) is 4.88. The molecule has 2 aromatic heterocycles. The van der Waals surface area contributed by atoms with E-state index in [9.17, 15) is 0 Å². The van der Waals surface area contributed by atoms with Crippen molar-refractivity contribution in [1.29, 1.82) is 0 Å². The number of halogens is 1. The third-order valence-electron chi connectivity index (χ3n) is 4.66. The average Bonchev–Trinajstić information content (AvgIpc) is 3.04. The zero-order valence-corrected chi connectivity index (χ0v) is 15.0. The minimum atomic E-state index is 0.726. The first-order chi connectivity index (χ1) is 12.2. The van der Waals surface area contributed by atoms with Gasteiger partial charge in [-0.1, -0.05) is 11.6 Å². The molecule has 0 amide bonds. The number of nitrogens with zero attached hydrogens (tertiary/aromatic N) is 4. The Morgan fingerprint density at radius 2 is 1.76 bits per heavy atom. The summed E-state index contributed by atoms with van der Waals surface area (Å²) in [6.07, 6.45) is 3.96. The fourth-order valence-electron chi connectivity index (χ4n) is 3.28. The first-order valence-electron chi connectivity index (χ1n) is 8.46. The minimum Gasteiger partial charge on any atom is -0.497 e. The summed E-state index contributed by atoms with van der Waals surface area (Å²) < 4.78 is 7.22. The zero-order valence-electron chi connectivity index (χ0n) is 14.2. The molecule has 0 N–H and O–H groups in total. The van der Waals surface area contributed by atoms with E-state index in [1.54, 1.807) is 7.11 Å². The fourth-order valence-corrected chi connectivity index (χ4v) is 3.45. The predicted octanol–water partition coefficient (Wildman–Crippen LogP) is 3.32. The number of imidazole rings is 1. The van der Waals surface area contributed by atoms with Crippen LogP contribution in [-0.2, 0) is 6.54 Å². The van der Waals surface area contributed by atoms with Crippen molar-refractivity contribution < 1.29 is 4.74 Å². The quantitative estimate of drug-likeness (QED) is 0.718. The highest BCUT2D eigenvalue weighted by molar-refractivity contribution is 6.30. The number of ether oxygens (including phenoxy) is 1. The number of hydrogen-bond donors (Lipinski definition) is 0. The predicted molar refractivity (Wildman–Crippen MR) is 101 cm³/mol. The van der Waals surface area contributed by atoms with Gasteiger partial charge in [0.1, 0.15) is 11.4 Å². The lowest BCUT2D eigenvalue weighted by atomic mass is 10.2. The lowest BCUT2D eigenvalue weighted by molar-refractivity contribution is 0.247. The lowest BCUT2D eigenvalue weighted by Gasteiger charge is -2.35. The summed E-state index contributed by atoms with van der Waals surface area (Å²) in [4.78, 5) is 9.54. The number of aromatic nitrogens is 2. The molecule has 0 atom stereocenters.